The average molecular weight is 474 g/mol. The summed E-state index contributed by atoms with van der Waals surface area (Å²) in [6, 6.07) is 15.8. The maximum atomic E-state index is 13.9. The third-order valence-electron chi connectivity index (χ3n) is 6.18. The molecule has 2 heterocycles. The number of urea groups is 1. The second kappa shape index (κ2) is 10.5. The lowest BCUT2D eigenvalue weighted by atomic mass is 10.1. The minimum Gasteiger partial charge on any atom is -0.497 e. The third kappa shape index (κ3) is 5.31. The number of nitrogens with zero attached hydrogens (tertiary/aromatic N) is 3. The number of piperidine rings is 1. The molecule has 178 valence electrons. The topological polar surface area (TPSA) is 79.4 Å². The minimum atomic E-state index is -3.88. The van der Waals surface area contributed by atoms with Gasteiger partial charge in [0.1, 0.15) is 11.9 Å². The van der Waals surface area contributed by atoms with Crippen LogP contribution in [0.4, 0.5) is 4.79 Å². The zero-order chi connectivity index (χ0) is 23.3. The van der Waals surface area contributed by atoms with Crippen LogP contribution >= 0.6 is 0 Å². The van der Waals surface area contributed by atoms with Crippen LogP contribution in [0.15, 0.2) is 59.5 Å². The first kappa shape index (κ1) is 23.5. The Labute approximate surface area is 195 Å². The second-order valence-electron chi connectivity index (χ2n) is 8.26. The molecule has 0 aliphatic carbocycles. The summed E-state index contributed by atoms with van der Waals surface area (Å²) < 4.78 is 39.9. The van der Waals surface area contributed by atoms with E-state index in [9.17, 15) is 13.2 Å². The third-order valence-corrected chi connectivity index (χ3v) is 8.04. The van der Waals surface area contributed by atoms with Crippen molar-refractivity contribution >= 4 is 16.1 Å². The molecule has 0 saturated carbocycles. The average Bonchev–Trinajstić information content (AvgIpc) is 2.88. The van der Waals surface area contributed by atoms with E-state index in [0.29, 0.717) is 45.0 Å². The van der Waals surface area contributed by atoms with Crippen LogP contribution in [-0.2, 0) is 21.3 Å². The maximum Gasteiger partial charge on any atom is 0.321 e. The van der Waals surface area contributed by atoms with Gasteiger partial charge in [-0.25, -0.2) is 13.2 Å². The van der Waals surface area contributed by atoms with Gasteiger partial charge in [-0.3, -0.25) is 0 Å². The van der Waals surface area contributed by atoms with Gasteiger partial charge in [0.25, 0.3) is 0 Å². The number of carbonyl (C=O) groups is 1. The number of ether oxygens (including phenoxy) is 2. The molecule has 2 aliphatic heterocycles. The van der Waals surface area contributed by atoms with Crippen molar-refractivity contribution in [1.82, 2.24) is 14.1 Å². The van der Waals surface area contributed by atoms with Gasteiger partial charge in [-0.1, -0.05) is 30.3 Å². The molecule has 2 saturated heterocycles. The van der Waals surface area contributed by atoms with Gasteiger partial charge in [-0.05, 0) is 49.1 Å². The van der Waals surface area contributed by atoms with Crippen LogP contribution in [0.3, 0.4) is 0 Å². The molecule has 2 fully saturated rings. The van der Waals surface area contributed by atoms with E-state index in [1.54, 1.807) is 41.2 Å². The summed E-state index contributed by atoms with van der Waals surface area (Å²) in [6.07, 6.45) is 1.76. The van der Waals surface area contributed by atoms with Gasteiger partial charge in [0.15, 0.2) is 0 Å². The van der Waals surface area contributed by atoms with E-state index in [4.69, 9.17) is 9.47 Å². The summed E-state index contributed by atoms with van der Waals surface area (Å²) >= 11 is 0. The Kier molecular flexibility index (Phi) is 7.52. The number of sulfonamides is 1. The fourth-order valence-corrected chi connectivity index (χ4v) is 5.98. The van der Waals surface area contributed by atoms with Gasteiger partial charge in [0.2, 0.25) is 10.0 Å². The van der Waals surface area contributed by atoms with Crippen LogP contribution in [0.25, 0.3) is 0 Å². The Morgan fingerprint density at radius 1 is 1.03 bits per heavy atom. The van der Waals surface area contributed by atoms with Crippen molar-refractivity contribution in [3.05, 3.63) is 60.2 Å². The fraction of sp³-hybridized carbons (Fsp3) is 0.458. The van der Waals surface area contributed by atoms with Crippen LogP contribution in [0.2, 0.25) is 0 Å². The van der Waals surface area contributed by atoms with E-state index in [0.717, 1.165) is 18.4 Å². The molecule has 33 heavy (non-hydrogen) atoms. The van der Waals surface area contributed by atoms with Crippen LogP contribution in [0, 0.1) is 0 Å². The predicted octanol–water partition coefficient (Wildman–Crippen LogP) is 3.15. The van der Waals surface area contributed by atoms with Crippen molar-refractivity contribution in [2.75, 3.05) is 40.0 Å². The first-order valence-electron chi connectivity index (χ1n) is 11.3. The normalized spacial score (nSPS) is 19.5. The number of hydrogen-bond acceptors (Lipinski definition) is 5. The van der Waals surface area contributed by atoms with Gasteiger partial charge < -0.3 is 19.3 Å². The monoisotopic (exact) mass is 473 g/mol. The SMILES string of the molecule is COc1ccc(S(=O)(=O)N(Cc2ccccc2)C2CCCCN2C(=O)N2CCOCC2)cc1. The zero-order valence-electron chi connectivity index (χ0n) is 18.9. The molecule has 2 aromatic carbocycles. The Morgan fingerprint density at radius 3 is 2.39 bits per heavy atom. The van der Waals surface area contributed by atoms with Crippen molar-refractivity contribution in [3.63, 3.8) is 0 Å². The van der Waals surface area contributed by atoms with Gasteiger partial charge >= 0.3 is 6.03 Å². The zero-order valence-corrected chi connectivity index (χ0v) is 19.7. The molecule has 8 nitrogen and oxygen atoms in total. The number of benzene rings is 2. The number of likely N-dealkylation sites (tertiary alicyclic amines) is 1. The Hall–Kier alpha value is -2.62. The van der Waals surface area contributed by atoms with E-state index >= 15 is 0 Å². The van der Waals surface area contributed by atoms with Gasteiger partial charge in [-0.15, -0.1) is 0 Å². The summed E-state index contributed by atoms with van der Waals surface area (Å²) in [5.74, 6) is 0.588. The van der Waals surface area contributed by atoms with E-state index < -0.39 is 16.2 Å². The standard InChI is InChI=1S/C24H31N3O5S/c1-31-21-10-12-22(13-11-21)33(29,30)27(19-20-7-3-2-4-8-20)23-9-5-6-14-26(23)24(28)25-15-17-32-18-16-25/h2-4,7-8,10-13,23H,5-6,9,14-19H2,1H3. The van der Waals surface area contributed by atoms with E-state index in [1.807, 2.05) is 30.3 Å². The molecule has 2 aromatic rings. The molecule has 0 aromatic heterocycles. The highest BCUT2D eigenvalue weighted by molar-refractivity contribution is 7.89. The molecule has 0 spiro atoms. The Bertz CT molecular complexity index is 1020. The lowest BCUT2D eigenvalue weighted by molar-refractivity contribution is 0.0216. The van der Waals surface area contributed by atoms with Crippen LogP contribution in [0.1, 0.15) is 24.8 Å². The van der Waals surface area contributed by atoms with Crippen LogP contribution in [0.5, 0.6) is 5.75 Å². The van der Waals surface area contributed by atoms with Crippen LogP contribution in [-0.4, -0.2) is 74.7 Å². The molecule has 0 radical (unpaired) electrons. The molecule has 1 unspecified atom stereocenters. The van der Waals surface area contributed by atoms with Crippen molar-refractivity contribution in [3.8, 4) is 5.75 Å². The van der Waals surface area contributed by atoms with Gasteiger partial charge in [0, 0.05) is 26.2 Å². The smallest absolute Gasteiger partial charge is 0.321 e. The molecule has 2 aliphatic rings. The van der Waals surface area contributed by atoms with Gasteiger partial charge in [-0.2, -0.15) is 4.31 Å². The molecule has 9 heteroatoms. The number of morpholine rings is 1. The highest BCUT2D eigenvalue weighted by Gasteiger charge is 2.40. The number of carbonyl (C=O) groups excluding carboxylic acids is 1. The van der Waals surface area contributed by atoms with Gasteiger partial charge in [0.05, 0.1) is 25.2 Å². The summed E-state index contributed by atoms with van der Waals surface area (Å²) in [4.78, 5) is 17.1. The molecule has 1 atom stereocenters. The fourth-order valence-electron chi connectivity index (χ4n) is 4.37. The maximum absolute atomic E-state index is 13.9. The van der Waals surface area contributed by atoms with Crippen molar-refractivity contribution < 1.29 is 22.7 Å². The number of amides is 2. The minimum absolute atomic E-state index is 0.119. The molecule has 0 bridgehead atoms. The highest BCUT2D eigenvalue weighted by Crippen LogP contribution is 2.30. The summed E-state index contributed by atoms with van der Waals surface area (Å²) in [5, 5.41) is 0. The predicted molar refractivity (Wildman–Crippen MR) is 124 cm³/mol. The van der Waals surface area contributed by atoms with E-state index in [1.165, 1.54) is 4.31 Å². The lowest BCUT2D eigenvalue weighted by Gasteiger charge is -2.44. The number of rotatable bonds is 6. The largest absolute Gasteiger partial charge is 0.497 e. The molecule has 4 rings (SSSR count). The molecular weight excluding hydrogens is 442 g/mol. The molecule has 0 N–H and O–H groups in total. The quantitative estimate of drug-likeness (QED) is 0.644. The van der Waals surface area contributed by atoms with Crippen molar-refractivity contribution in [1.29, 1.82) is 0 Å². The first-order chi connectivity index (χ1) is 16.0. The number of methoxy groups -OCH3 is 1. The number of hydrogen-bond donors (Lipinski definition) is 0. The van der Waals surface area contributed by atoms with Crippen molar-refractivity contribution in [2.24, 2.45) is 0 Å². The van der Waals surface area contributed by atoms with Crippen LogP contribution < -0.4 is 4.74 Å². The Balaban J connectivity index is 1.69. The van der Waals surface area contributed by atoms with E-state index in [2.05, 4.69) is 0 Å². The second-order valence-corrected chi connectivity index (χ2v) is 10.2. The summed E-state index contributed by atoms with van der Waals surface area (Å²) in [6.45, 7) is 2.76. The Morgan fingerprint density at radius 2 is 1.73 bits per heavy atom. The van der Waals surface area contributed by atoms with Crippen molar-refractivity contribution in [2.45, 2.75) is 36.9 Å². The summed E-state index contributed by atoms with van der Waals surface area (Å²) in [5.41, 5.74) is 0.874. The molecule has 2 amide bonds. The summed E-state index contributed by atoms with van der Waals surface area (Å²) in [7, 11) is -2.34. The highest BCUT2D eigenvalue weighted by atomic mass is 32.2. The molecular formula is C24H31N3O5S. The lowest BCUT2D eigenvalue weighted by Crippen LogP contribution is -2.59. The van der Waals surface area contributed by atoms with E-state index in [-0.39, 0.29) is 17.5 Å². The first-order valence-corrected chi connectivity index (χ1v) is 12.8.